The molecule has 0 atom stereocenters. The third kappa shape index (κ3) is 2.78. The molecule has 1 aromatic rings. The van der Waals surface area contributed by atoms with Gasteiger partial charge in [-0.15, -0.1) is 0 Å². The van der Waals surface area contributed by atoms with E-state index in [-0.39, 0.29) is 11.9 Å². The lowest BCUT2D eigenvalue weighted by atomic mass is 10.1. The molecule has 0 saturated carbocycles. The van der Waals surface area contributed by atoms with Crippen molar-refractivity contribution in [3.63, 3.8) is 0 Å². The zero-order valence-corrected chi connectivity index (χ0v) is 9.60. The Hall–Kier alpha value is -1.39. The highest BCUT2D eigenvalue weighted by atomic mass is 16.6. The van der Waals surface area contributed by atoms with E-state index in [1.54, 1.807) is 10.9 Å². The molecular formula is C10H17N3O2. The van der Waals surface area contributed by atoms with Crippen molar-refractivity contribution < 1.29 is 4.92 Å². The third-order valence-corrected chi connectivity index (χ3v) is 2.12. The standard InChI is InChI=1S/C10H17N3O2/c1-7(2)5-9-6-12(8(3)4)11-10(9)13(14)15/h6-8H,5H2,1-4H3. The highest BCUT2D eigenvalue weighted by Gasteiger charge is 2.22. The molecule has 0 N–H and O–H groups in total. The lowest BCUT2D eigenvalue weighted by molar-refractivity contribution is -0.390. The highest BCUT2D eigenvalue weighted by molar-refractivity contribution is 5.30. The van der Waals surface area contributed by atoms with Crippen LogP contribution in [-0.2, 0) is 6.42 Å². The van der Waals surface area contributed by atoms with E-state index in [1.165, 1.54) is 0 Å². The van der Waals surface area contributed by atoms with Gasteiger partial charge in [-0.3, -0.25) is 0 Å². The predicted molar refractivity (Wildman–Crippen MR) is 57.8 cm³/mol. The van der Waals surface area contributed by atoms with Crippen LogP contribution in [0.5, 0.6) is 0 Å². The lowest BCUT2D eigenvalue weighted by Gasteiger charge is -2.00. The minimum Gasteiger partial charge on any atom is -0.358 e. The number of hydrogen-bond acceptors (Lipinski definition) is 3. The van der Waals surface area contributed by atoms with E-state index in [4.69, 9.17) is 0 Å². The second-order valence-electron chi connectivity index (χ2n) is 4.41. The van der Waals surface area contributed by atoms with Crippen molar-refractivity contribution in [2.24, 2.45) is 5.92 Å². The summed E-state index contributed by atoms with van der Waals surface area (Å²) in [6.45, 7) is 7.98. The largest absolute Gasteiger partial charge is 0.393 e. The monoisotopic (exact) mass is 211 g/mol. The average Bonchev–Trinajstić information content (AvgIpc) is 2.46. The Morgan fingerprint density at radius 3 is 2.47 bits per heavy atom. The van der Waals surface area contributed by atoms with Crippen LogP contribution in [-0.4, -0.2) is 14.7 Å². The molecule has 1 rings (SSSR count). The first-order valence-corrected chi connectivity index (χ1v) is 5.14. The molecule has 1 aromatic heterocycles. The van der Waals surface area contributed by atoms with Crippen molar-refractivity contribution in [1.82, 2.24) is 9.78 Å². The van der Waals surface area contributed by atoms with Gasteiger partial charge in [-0.2, -0.15) is 4.68 Å². The molecule has 5 nitrogen and oxygen atoms in total. The summed E-state index contributed by atoms with van der Waals surface area (Å²) in [5.74, 6) is 0.394. The normalized spacial score (nSPS) is 11.3. The highest BCUT2D eigenvalue weighted by Crippen LogP contribution is 2.21. The second-order valence-corrected chi connectivity index (χ2v) is 4.41. The topological polar surface area (TPSA) is 61.0 Å². The second kappa shape index (κ2) is 4.42. The number of nitro groups is 1. The van der Waals surface area contributed by atoms with Gasteiger partial charge in [-0.25, -0.2) is 0 Å². The molecule has 0 aliphatic rings. The summed E-state index contributed by atoms with van der Waals surface area (Å²) in [5.41, 5.74) is 0.726. The van der Waals surface area contributed by atoms with E-state index in [2.05, 4.69) is 5.10 Å². The van der Waals surface area contributed by atoms with E-state index in [0.717, 1.165) is 5.56 Å². The summed E-state index contributed by atoms with van der Waals surface area (Å²) in [7, 11) is 0. The molecule has 0 radical (unpaired) electrons. The Balaban J connectivity index is 3.06. The number of rotatable bonds is 4. The maximum Gasteiger partial charge on any atom is 0.393 e. The van der Waals surface area contributed by atoms with Crippen molar-refractivity contribution in [3.8, 4) is 0 Å². The summed E-state index contributed by atoms with van der Waals surface area (Å²) in [6.07, 6.45) is 2.48. The van der Waals surface area contributed by atoms with E-state index >= 15 is 0 Å². The summed E-state index contributed by atoms with van der Waals surface area (Å²) in [4.78, 5) is 10.4. The average molecular weight is 211 g/mol. The van der Waals surface area contributed by atoms with Crippen molar-refractivity contribution in [3.05, 3.63) is 21.9 Å². The first-order valence-electron chi connectivity index (χ1n) is 5.14. The zero-order chi connectivity index (χ0) is 11.6. The lowest BCUT2D eigenvalue weighted by Crippen LogP contribution is -2.01. The molecule has 0 aliphatic carbocycles. The van der Waals surface area contributed by atoms with E-state index in [9.17, 15) is 10.1 Å². The molecule has 15 heavy (non-hydrogen) atoms. The molecule has 0 unspecified atom stereocenters. The zero-order valence-electron chi connectivity index (χ0n) is 9.60. The summed E-state index contributed by atoms with van der Waals surface area (Å²) >= 11 is 0. The van der Waals surface area contributed by atoms with Crippen LogP contribution in [0.4, 0.5) is 5.82 Å². The summed E-state index contributed by atoms with van der Waals surface area (Å²) < 4.78 is 1.65. The van der Waals surface area contributed by atoms with E-state index in [0.29, 0.717) is 12.3 Å². The summed E-state index contributed by atoms with van der Waals surface area (Å²) in [6, 6.07) is 0.157. The molecule has 0 spiro atoms. The van der Waals surface area contributed by atoms with Gasteiger partial charge >= 0.3 is 5.82 Å². The van der Waals surface area contributed by atoms with Crippen LogP contribution in [0.2, 0.25) is 0 Å². The molecule has 0 fully saturated rings. The molecule has 0 amide bonds. The van der Waals surface area contributed by atoms with Crippen LogP contribution in [0.1, 0.15) is 39.3 Å². The van der Waals surface area contributed by atoms with Crippen LogP contribution < -0.4 is 0 Å². The molecule has 0 aromatic carbocycles. The first kappa shape index (κ1) is 11.7. The van der Waals surface area contributed by atoms with Crippen molar-refractivity contribution in [1.29, 1.82) is 0 Å². The van der Waals surface area contributed by atoms with Crippen LogP contribution in [0, 0.1) is 16.0 Å². The van der Waals surface area contributed by atoms with Crippen molar-refractivity contribution in [2.45, 2.75) is 40.2 Å². The SMILES string of the molecule is CC(C)Cc1cn(C(C)C)nc1[N+](=O)[O-]. The van der Waals surface area contributed by atoms with Crippen LogP contribution >= 0.6 is 0 Å². The van der Waals surface area contributed by atoms with Crippen LogP contribution in [0.3, 0.4) is 0 Å². The van der Waals surface area contributed by atoms with Crippen molar-refractivity contribution >= 4 is 5.82 Å². The van der Waals surface area contributed by atoms with Crippen LogP contribution in [0.25, 0.3) is 0 Å². The fourth-order valence-electron chi connectivity index (χ4n) is 1.42. The Kier molecular flexibility index (Phi) is 3.44. The van der Waals surface area contributed by atoms with Gasteiger partial charge in [0.2, 0.25) is 0 Å². The van der Waals surface area contributed by atoms with Gasteiger partial charge in [0.15, 0.2) is 0 Å². The summed E-state index contributed by atoms with van der Waals surface area (Å²) in [5, 5.41) is 14.7. The Labute approximate surface area is 89.2 Å². The molecule has 1 heterocycles. The smallest absolute Gasteiger partial charge is 0.358 e. The molecule has 0 saturated heterocycles. The molecule has 0 bridgehead atoms. The van der Waals surface area contributed by atoms with E-state index < -0.39 is 4.92 Å². The molecule has 84 valence electrons. The van der Waals surface area contributed by atoms with Crippen LogP contribution in [0.15, 0.2) is 6.20 Å². The molecule has 0 aliphatic heterocycles. The maximum absolute atomic E-state index is 10.8. The quantitative estimate of drug-likeness (QED) is 0.568. The van der Waals surface area contributed by atoms with Gasteiger partial charge < -0.3 is 10.1 Å². The minimum absolute atomic E-state index is 0.00241. The Bertz CT molecular complexity index is 356. The van der Waals surface area contributed by atoms with E-state index in [1.807, 2.05) is 27.7 Å². The predicted octanol–water partition coefficient (Wildman–Crippen LogP) is 2.57. The molecular weight excluding hydrogens is 194 g/mol. The van der Waals surface area contributed by atoms with Gasteiger partial charge in [0, 0.05) is 0 Å². The van der Waals surface area contributed by atoms with Gasteiger partial charge in [0.05, 0.1) is 22.9 Å². The van der Waals surface area contributed by atoms with Gasteiger partial charge in [-0.1, -0.05) is 13.8 Å². The van der Waals surface area contributed by atoms with Gasteiger partial charge in [0.1, 0.15) is 0 Å². The third-order valence-electron chi connectivity index (χ3n) is 2.12. The fraction of sp³-hybridized carbons (Fsp3) is 0.700. The first-order chi connectivity index (χ1) is 6.91. The maximum atomic E-state index is 10.8. The van der Waals surface area contributed by atoms with Gasteiger partial charge in [0.25, 0.3) is 0 Å². The number of hydrogen-bond donors (Lipinski definition) is 0. The van der Waals surface area contributed by atoms with Gasteiger partial charge in [-0.05, 0) is 31.1 Å². The fourth-order valence-corrected chi connectivity index (χ4v) is 1.42. The minimum atomic E-state index is -0.406. The van der Waals surface area contributed by atoms with Crippen molar-refractivity contribution in [2.75, 3.05) is 0 Å². The number of nitrogens with zero attached hydrogens (tertiary/aromatic N) is 3. The number of aromatic nitrogens is 2. The Morgan fingerprint density at radius 1 is 1.47 bits per heavy atom. The Morgan fingerprint density at radius 2 is 2.07 bits per heavy atom. The molecule has 5 heteroatoms.